The highest BCUT2D eigenvalue weighted by atomic mass is 16.5. The van der Waals surface area contributed by atoms with Gasteiger partial charge in [0.25, 0.3) is 0 Å². The van der Waals surface area contributed by atoms with Gasteiger partial charge in [-0.1, -0.05) is 50.2 Å². The van der Waals surface area contributed by atoms with Crippen LogP contribution < -0.4 is 4.74 Å². The van der Waals surface area contributed by atoms with Crippen molar-refractivity contribution in [2.24, 2.45) is 0 Å². The summed E-state index contributed by atoms with van der Waals surface area (Å²) in [6, 6.07) is 16.1. The first-order valence-electron chi connectivity index (χ1n) is 7.82. The summed E-state index contributed by atoms with van der Waals surface area (Å²) >= 11 is 0. The molecular weight excluding hydrogens is 274 g/mol. The van der Waals surface area contributed by atoms with E-state index < -0.39 is 6.10 Å². The average Bonchev–Trinajstić information content (AvgIpc) is 2.59. The number of likely N-dealkylation sites (N-methyl/N-ethyl adjacent to an activating group) is 1. The summed E-state index contributed by atoms with van der Waals surface area (Å²) in [5.74, 6) is 0.856. The summed E-state index contributed by atoms with van der Waals surface area (Å²) in [6.07, 6.45) is -0.440. The molecule has 3 heteroatoms. The lowest BCUT2D eigenvalue weighted by Gasteiger charge is -2.22. The monoisotopic (exact) mass is 299 g/mol. The summed E-state index contributed by atoms with van der Waals surface area (Å²) in [6.45, 7) is 6.82. The molecule has 0 amide bonds. The largest absolute Gasteiger partial charge is 0.497 e. The summed E-state index contributed by atoms with van der Waals surface area (Å²) in [4.78, 5) is 2.22. The Balaban J connectivity index is 2.08. The summed E-state index contributed by atoms with van der Waals surface area (Å²) < 4.78 is 5.18. The molecule has 1 atom stereocenters. The molecule has 0 heterocycles. The Morgan fingerprint density at radius 2 is 1.41 bits per heavy atom. The van der Waals surface area contributed by atoms with Gasteiger partial charge in [0.05, 0.1) is 13.2 Å². The SMILES string of the molecule is CCN(CC)CC(O)c1ccc(-c2ccc(OC)cc2)cc1. The van der Waals surface area contributed by atoms with Crippen molar-refractivity contribution in [1.82, 2.24) is 4.90 Å². The van der Waals surface area contributed by atoms with E-state index in [1.807, 2.05) is 36.4 Å². The first-order valence-corrected chi connectivity index (χ1v) is 7.82. The number of ether oxygens (including phenoxy) is 1. The van der Waals surface area contributed by atoms with E-state index in [1.54, 1.807) is 7.11 Å². The molecule has 22 heavy (non-hydrogen) atoms. The van der Waals surface area contributed by atoms with E-state index in [-0.39, 0.29) is 0 Å². The van der Waals surface area contributed by atoms with Gasteiger partial charge in [0.1, 0.15) is 5.75 Å². The van der Waals surface area contributed by atoms with Gasteiger partial charge in [-0.15, -0.1) is 0 Å². The first-order chi connectivity index (χ1) is 10.7. The highest BCUT2D eigenvalue weighted by Gasteiger charge is 2.11. The second-order valence-electron chi connectivity index (χ2n) is 5.35. The third-order valence-electron chi connectivity index (χ3n) is 4.04. The molecule has 1 unspecified atom stereocenters. The molecule has 0 aliphatic carbocycles. The molecule has 1 N–H and O–H groups in total. The van der Waals surface area contributed by atoms with Crippen molar-refractivity contribution in [2.75, 3.05) is 26.7 Å². The van der Waals surface area contributed by atoms with E-state index in [4.69, 9.17) is 4.74 Å². The van der Waals surface area contributed by atoms with Crippen LogP contribution in [0.3, 0.4) is 0 Å². The maximum Gasteiger partial charge on any atom is 0.118 e. The standard InChI is InChI=1S/C19H25NO2/c1-4-20(5-2)14-19(21)17-8-6-15(7-9-17)16-10-12-18(22-3)13-11-16/h6-13,19,21H,4-5,14H2,1-3H3. The van der Waals surface area contributed by atoms with Gasteiger partial charge in [-0.25, -0.2) is 0 Å². The predicted octanol–water partition coefficient (Wildman–Crippen LogP) is 3.74. The van der Waals surface area contributed by atoms with Crippen LogP contribution in [0, 0.1) is 0 Å². The zero-order chi connectivity index (χ0) is 15.9. The molecule has 0 radical (unpaired) electrons. The lowest BCUT2D eigenvalue weighted by molar-refractivity contribution is 0.119. The van der Waals surface area contributed by atoms with Gasteiger partial charge in [0.2, 0.25) is 0 Å². The Morgan fingerprint density at radius 1 is 0.909 bits per heavy atom. The van der Waals surface area contributed by atoms with Gasteiger partial charge in [-0.3, -0.25) is 0 Å². The highest BCUT2D eigenvalue weighted by molar-refractivity contribution is 5.64. The highest BCUT2D eigenvalue weighted by Crippen LogP contribution is 2.24. The minimum atomic E-state index is -0.440. The van der Waals surface area contributed by atoms with Crippen LogP contribution in [-0.4, -0.2) is 36.8 Å². The van der Waals surface area contributed by atoms with Crippen molar-refractivity contribution in [3.63, 3.8) is 0 Å². The second-order valence-corrected chi connectivity index (χ2v) is 5.35. The number of aliphatic hydroxyl groups excluding tert-OH is 1. The van der Waals surface area contributed by atoms with Crippen molar-refractivity contribution in [2.45, 2.75) is 20.0 Å². The van der Waals surface area contributed by atoms with Gasteiger partial charge in [0.15, 0.2) is 0 Å². The summed E-state index contributed by atoms with van der Waals surface area (Å²) in [5, 5.41) is 10.3. The van der Waals surface area contributed by atoms with Gasteiger partial charge >= 0.3 is 0 Å². The van der Waals surface area contributed by atoms with E-state index in [0.29, 0.717) is 6.54 Å². The summed E-state index contributed by atoms with van der Waals surface area (Å²) in [5.41, 5.74) is 3.25. The zero-order valence-corrected chi connectivity index (χ0v) is 13.6. The second kappa shape index (κ2) is 7.97. The average molecular weight is 299 g/mol. The molecule has 0 aromatic heterocycles. The van der Waals surface area contributed by atoms with Crippen LogP contribution in [0.4, 0.5) is 0 Å². The van der Waals surface area contributed by atoms with E-state index >= 15 is 0 Å². The Bertz CT molecular complexity index is 559. The molecule has 0 spiro atoms. The number of hydrogen-bond acceptors (Lipinski definition) is 3. The topological polar surface area (TPSA) is 32.7 Å². The van der Waals surface area contributed by atoms with E-state index in [0.717, 1.165) is 35.5 Å². The fraction of sp³-hybridized carbons (Fsp3) is 0.368. The third kappa shape index (κ3) is 4.09. The zero-order valence-electron chi connectivity index (χ0n) is 13.6. The van der Waals surface area contributed by atoms with Crippen LogP contribution in [0.15, 0.2) is 48.5 Å². The van der Waals surface area contributed by atoms with Crippen LogP contribution >= 0.6 is 0 Å². The van der Waals surface area contributed by atoms with Crippen LogP contribution in [0.2, 0.25) is 0 Å². The molecule has 0 aliphatic rings. The molecule has 118 valence electrons. The Hall–Kier alpha value is -1.84. The van der Waals surface area contributed by atoms with Crippen LogP contribution in [-0.2, 0) is 0 Å². The number of methoxy groups -OCH3 is 1. The maximum atomic E-state index is 10.3. The van der Waals surface area contributed by atoms with E-state index in [2.05, 4.69) is 30.9 Å². The number of rotatable bonds is 7. The molecule has 0 saturated carbocycles. The number of benzene rings is 2. The lowest BCUT2D eigenvalue weighted by Crippen LogP contribution is -2.28. The number of aliphatic hydroxyl groups is 1. The van der Waals surface area contributed by atoms with Gasteiger partial charge in [-0.2, -0.15) is 0 Å². The van der Waals surface area contributed by atoms with Gasteiger partial charge in [-0.05, 0) is 41.9 Å². The van der Waals surface area contributed by atoms with Crippen molar-refractivity contribution in [3.05, 3.63) is 54.1 Å². The number of nitrogens with zero attached hydrogens (tertiary/aromatic N) is 1. The first kappa shape index (κ1) is 16.5. The summed E-state index contributed by atoms with van der Waals surface area (Å²) in [7, 11) is 1.67. The minimum absolute atomic E-state index is 0.440. The van der Waals surface area contributed by atoms with Crippen molar-refractivity contribution in [3.8, 4) is 16.9 Å². The van der Waals surface area contributed by atoms with E-state index in [9.17, 15) is 5.11 Å². The Labute approximate surface area is 133 Å². The molecule has 3 nitrogen and oxygen atoms in total. The molecular formula is C19H25NO2. The van der Waals surface area contributed by atoms with Gasteiger partial charge < -0.3 is 14.7 Å². The Morgan fingerprint density at radius 3 is 1.86 bits per heavy atom. The molecule has 0 fully saturated rings. The van der Waals surface area contributed by atoms with Crippen molar-refractivity contribution < 1.29 is 9.84 Å². The Kier molecular flexibility index (Phi) is 5.99. The lowest BCUT2D eigenvalue weighted by atomic mass is 10.0. The number of hydrogen-bond donors (Lipinski definition) is 1. The maximum absolute atomic E-state index is 10.3. The fourth-order valence-electron chi connectivity index (χ4n) is 2.51. The predicted molar refractivity (Wildman–Crippen MR) is 91.2 cm³/mol. The normalized spacial score (nSPS) is 12.4. The molecule has 2 rings (SSSR count). The molecule has 2 aromatic carbocycles. The molecule has 0 bridgehead atoms. The molecule has 2 aromatic rings. The van der Waals surface area contributed by atoms with Gasteiger partial charge in [0, 0.05) is 6.54 Å². The van der Waals surface area contributed by atoms with Crippen molar-refractivity contribution >= 4 is 0 Å². The fourth-order valence-corrected chi connectivity index (χ4v) is 2.51. The van der Waals surface area contributed by atoms with Crippen LogP contribution in [0.5, 0.6) is 5.75 Å². The minimum Gasteiger partial charge on any atom is -0.497 e. The smallest absolute Gasteiger partial charge is 0.118 e. The van der Waals surface area contributed by atoms with Crippen LogP contribution in [0.1, 0.15) is 25.5 Å². The third-order valence-corrected chi connectivity index (χ3v) is 4.04. The molecule has 0 aliphatic heterocycles. The van der Waals surface area contributed by atoms with Crippen molar-refractivity contribution in [1.29, 1.82) is 0 Å². The van der Waals surface area contributed by atoms with E-state index in [1.165, 1.54) is 0 Å². The quantitative estimate of drug-likeness (QED) is 0.845. The van der Waals surface area contributed by atoms with Crippen LogP contribution in [0.25, 0.3) is 11.1 Å². The molecule has 0 saturated heterocycles.